The summed E-state index contributed by atoms with van der Waals surface area (Å²) < 4.78 is 10.2. The topological polar surface area (TPSA) is 76.7 Å². The monoisotopic (exact) mass is 230 g/mol. The van der Waals surface area contributed by atoms with Crippen LogP contribution in [-0.4, -0.2) is 37.2 Å². The molecule has 1 aliphatic heterocycles. The Kier molecular flexibility index (Phi) is 5.21. The Labute approximate surface area is 94.6 Å². The molecule has 0 spiro atoms. The van der Waals surface area contributed by atoms with Gasteiger partial charge in [-0.3, -0.25) is 20.4 Å². The molecule has 2 atom stereocenters. The van der Waals surface area contributed by atoms with Gasteiger partial charge in [-0.2, -0.15) is 0 Å². The van der Waals surface area contributed by atoms with Gasteiger partial charge in [0.05, 0.1) is 0 Å². The second-order valence-corrected chi connectivity index (χ2v) is 3.58. The maximum absolute atomic E-state index is 11.4. The highest BCUT2D eigenvalue weighted by Crippen LogP contribution is 2.11. The van der Waals surface area contributed by atoms with E-state index in [2.05, 4.69) is 10.9 Å². The molecule has 16 heavy (non-hydrogen) atoms. The van der Waals surface area contributed by atoms with Crippen LogP contribution in [0.3, 0.4) is 0 Å². The third-order valence-corrected chi connectivity index (χ3v) is 2.32. The Morgan fingerprint density at radius 3 is 2.81 bits per heavy atom. The molecule has 1 rings (SSSR count). The van der Waals surface area contributed by atoms with Gasteiger partial charge in [0, 0.05) is 13.2 Å². The Morgan fingerprint density at radius 1 is 1.50 bits per heavy atom. The summed E-state index contributed by atoms with van der Waals surface area (Å²) in [7, 11) is 0. The van der Waals surface area contributed by atoms with E-state index in [-0.39, 0.29) is 11.8 Å². The fourth-order valence-corrected chi connectivity index (χ4v) is 1.42. The smallest absolute Gasteiger partial charge is 0.267 e. The Morgan fingerprint density at radius 2 is 2.25 bits per heavy atom. The van der Waals surface area contributed by atoms with Crippen LogP contribution in [0.15, 0.2) is 0 Å². The number of hydrogen-bond donors (Lipinski definition) is 2. The Balaban J connectivity index is 2.22. The average Bonchev–Trinajstić information content (AvgIpc) is 2.79. The minimum absolute atomic E-state index is 0.311. The molecule has 2 amide bonds. The summed E-state index contributed by atoms with van der Waals surface area (Å²) in [6.45, 7) is 4.47. The standard InChI is InChI=1S/C10H18N2O4/c1-3-15-7(2)9(13)11-12-10(14)8-5-4-6-16-8/h7-8H,3-6H2,1-2H3,(H,11,13)(H,12,14). The van der Waals surface area contributed by atoms with Crippen molar-refractivity contribution in [3.05, 3.63) is 0 Å². The van der Waals surface area contributed by atoms with Gasteiger partial charge < -0.3 is 9.47 Å². The number of ether oxygens (including phenoxy) is 2. The summed E-state index contributed by atoms with van der Waals surface area (Å²) in [6, 6.07) is 0. The van der Waals surface area contributed by atoms with Gasteiger partial charge in [0.25, 0.3) is 11.8 Å². The number of carbonyl (C=O) groups is 2. The third-order valence-electron chi connectivity index (χ3n) is 2.32. The molecular formula is C10H18N2O4. The molecule has 1 heterocycles. The van der Waals surface area contributed by atoms with Crippen molar-refractivity contribution in [3.63, 3.8) is 0 Å². The highest BCUT2D eigenvalue weighted by atomic mass is 16.5. The first-order valence-electron chi connectivity index (χ1n) is 5.48. The van der Waals surface area contributed by atoms with E-state index in [9.17, 15) is 9.59 Å². The van der Waals surface area contributed by atoms with Crippen LogP contribution in [0.4, 0.5) is 0 Å². The maximum atomic E-state index is 11.4. The van der Waals surface area contributed by atoms with Crippen LogP contribution < -0.4 is 10.9 Å². The normalized spacial score (nSPS) is 21.5. The van der Waals surface area contributed by atoms with Gasteiger partial charge in [-0.1, -0.05) is 0 Å². The van der Waals surface area contributed by atoms with E-state index in [1.54, 1.807) is 13.8 Å². The first-order valence-corrected chi connectivity index (χ1v) is 5.48. The molecule has 1 saturated heterocycles. The van der Waals surface area contributed by atoms with E-state index in [0.717, 1.165) is 6.42 Å². The lowest BCUT2D eigenvalue weighted by atomic mass is 10.2. The molecular weight excluding hydrogens is 212 g/mol. The van der Waals surface area contributed by atoms with Crippen LogP contribution in [-0.2, 0) is 19.1 Å². The molecule has 1 aliphatic rings. The SMILES string of the molecule is CCOC(C)C(=O)NNC(=O)C1CCCO1. The van der Waals surface area contributed by atoms with E-state index in [0.29, 0.717) is 19.6 Å². The minimum Gasteiger partial charge on any atom is -0.369 e. The number of amides is 2. The number of nitrogens with one attached hydrogen (secondary N) is 2. The fourth-order valence-electron chi connectivity index (χ4n) is 1.42. The lowest BCUT2D eigenvalue weighted by Gasteiger charge is -2.14. The second-order valence-electron chi connectivity index (χ2n) is 3.58. The predicted molar refractivity (Wildman–Crippen MR) is 56.3 cm³/mol. The Bertz CT molecular complexity index is 251. The summed E-state index contributed by atoms with van der Waals surface area (Å²) in [4.78, 5) is 22.8. The lowest BCUT2D eigenvalue weighted by molar-refractivity contribution is -0.139. The molecule has 0 bridgehead atoms. The summed E-state index contributed by atoms with van der Waals surface area (Å²) in [5, 5.41) is 0. The first-order chi connectivity index (χ1) is 7.65. The molecule has 0 aromatic heterocycles. The van der Waals surface area contributed by atoms with Gasteiger partial charge in [0.1, 0.15) is 12.2 Å². The van der Waals surface area contributed by atoms with Crippen LogP contribution >= 0.6 is 0 Å². The zero-order chi connectivity index (χ0) is 12.0. The first kappa shape index (κ1) is 12.9. The molecule has 6 nitrogen and oxygen atoms in total. The molecule has 2 unspecified atom stereocenters. The van der Waals surface area contributed by atoms with Gasteiger partial charge in [-0.25, -0.2) is 0 Å². The minimum atomic E-state index is -0.574. The van der Waals surface area contributed by atoms with Gasteiger partial charge in [0.2, 0.25) is 0 Å². The zero-order valence-electron chi connectivity index (χ0n) is 9.62. The van der Waals surface area contributed by atoms with Crippen LogP contribution in [0.2, 0.25) is 0 Å². The van der Waals surface area contributed by atoms with Crippen molar-refractivity contribution in [2.75, 3.05) is 13.2 Å². The van der Waals surface area contributed by atoms with Crippen LogP contribution in [0.1, 0.15) is 26.7 Å². The van der Waals surface area contributed by atoms with Crippen molar-refractivity contribution < 1.29 is 19.1 Å². The molecule has 0 saturated carbocycles. The number of hydrazine groups is 1. The number of rotatable bonds is 4. The third kappa shape index (κ3) is 3.79. The van der Waals surface area contributed by atoms with Gasteiger partial charge in [-0.05, 0) is 26.7 Å². The second kappa shape index (κ2) is 6.44. The quantitative estimate of drug-likeness (QED) is 0.652. The molecule has 92 valence electrons. The van der Waals surface area contributed by atoms with Crippen molar-refractivity contribution in [1.29, 1.82) is 0 Å². The molecule has 6 heteroatoms. The fraction of sp³-hybridized carbons (Fsp3) is 0.800. The van der Waals surface area contributed by atoms with Crippen LogP contribution in [0.5, 0.6) is 0 Å². The van der Waals surface area contributed by atoms with E-state index >= 15 is 0 Å². The van der Waals surface area contributed by atoms with Crippen LogP contribution in [0.25, 0.3) is 0 Å². The molecule has 0 radical (unpaired) electrons. The number of hydrogen-bond acceptors (Lipinski definition) is 4. The number of carbonyl (C=O) groups excluding carboxylic acids is 2. The van der Waals surface area contributed by atoms with Gasteiger partial charge >= 0.3 is 0 Å². The summed E-state index contributed by atoms with van der Waals surface area (Å²) >= 11 is 0. The summed E-state index contributed by atoms with van der Waals surface area (Å²) in [5.41, 5.74) is 4.62. The summed E-state index contributed by atoms with van der Waals surface area (Å²) in [6.07, 6.45) is 0.557. The van der Waals surface area contributed by atoms with Crippen molar-refractivity contribution >= 4 is 11.8 Å². The largest absolute Gasteiger partial charge is 0.369 e. The molecule has 0 aliphatic carbocycles. The van der Waals surface area contributed by atoms with Crippen molar-refractivity contribution in [1.82, 2.24) is 10.9 Å². The molecule has 0 aromatic rings. The van der Waals surface area contributed by atoms with Gasteiger partial charge in [0.15, 0.2) is 0 Å². The van der Waals surface area contributed by atoms with E-state index in [4.69, 9.17) is 9.47 Å². The lowest BCUT2D eigenvalue weighted by Crippen LogP contribution is -2.49. The molecule has 0 aromatic carbocycles. The van der Waals surface area contributed by atoms with E-state index in [1.165, 1.54) is 0 Å². The maximum Gasteiger partial charge on any atom is 0.267 e. The van der Waals surface area contributed by atoms with E-state index in [1.807, 2.05) is 0 Å². The molecule has 2 N–H and O–H groups in total. The van der Waals surface area contributed by atoms with Crippen molar-refractivity contribution in [2.24, 2.45) is 0 Å². The van der Waals surface area contributed by atoms with E-state index < -0.39 is 12.2 Å². The Hall–Kier alpha value is -1.14. The summed E-state index contributed by atoms with van der Waals surface area (Å²) in [5.74, 6) is -0.678. The van der Waals surface area contributed by atoms with Gasteiger partial charge in [-0.15, -0.1) is 0 Å². The average molecular weight is 230 g/mol. The zero-order valence-corrected chi connectivity index (χ0v) is 9.62. The molecule has 1 fully saturated rings. The predicted octanol–water partition coefficient (Wildman–Crippen LogP) is -0.262. The highest BCUT2D eigenvalue weighted by Gasteiger charge is 2.24. The highest BCUT2D eigenvalue weighted by molar-refractivity contribution is 5.86. The van der Waals surface area contributed by atoms with Crippen LogP contribution in [0, 0.1) is 0 Å². The van der Waals surface area contributed by atoms with Crippen molar-refractivity contribution in [2.45, 2.75) is 38.9 Å². The van der Waals surface area contributed by atoms with Crippen molar-refractivity contribution in [3.8, 4) is 0 Å².